The van der Waals surface area contributed by atoms with Gasteiger partial charge in [0.1, 0.15) is 0 Å². The zero-order valence-electron chi connectivity index (χ0n) is 16.2. The van der Waals surface area contributed by atoms with Gasteiger partial charge in [0.25, 0.3) is 0 Å². The fourth-order valence-corrected chi connectivity index (χ4v) is 4.54. The molecule has 2 saturated heterocycles. The minimum Gasteiger partial charge on any atom is -0.373 e. The van der Waals surface area contributed by atoms with Gasteiger partial charge >= 0.3 is 0 Å². The van der Waals surface area contributed by atoms with Gasteiger partial charge < -0.3 is 15.4 Å². The van der Waals surface area contributed by atoms with Crippen molar-refractivity contribution in [3.05, 3.63) is 0 Å². The van der Waals surface area contributed by atoms with Crippen molar-refractivity contribution in [3.8, 4) is 0 Å². The number of hydrogen-bond acceptors (Lipinski definition) is 3. The van der Waals surface area contributed by atoms with Crippen LogP contribution in [0.4, 0.5) is 0 Å². The third-order valence-electron chi connectivity index (χ3n) is 6.24. The lowest BCUT2D eigenvalue weighted by atomic mass is 9.80. The number of hydrogen-bond donors (Lipinski definition) is 2. The first-order chi connectivity index (χ1) is 11.7. The minimum absolute atomic E-state index is 0. The van der Waals surface area contributed by atoms with Gasteiger partial charge in [-0.05, 0) is 56.9 Å². The summed E-state index contributed by atoms with van der Waals surface area (Å²) in [5.41, 5.74) is 0. The summed E-state index contributed by atoms with van der Waals surface area (Å²) in [6.07, 6.45) is 8.13. The van der Waals surface area contributed by atoms with E-state index in [4.69, 9.17) is 4.74 Å². The molecule has 2 atom stereocenters. The molecule has 2 heterocycles. The van der Waals surface area contributed by atoms with Gasteiger partial charge in [-0.15, -0.1) is 24.0 Å². The normalized spacial score (nSPS) is 33.7. The van der Waals surface area contributed by atoms with Gasteiger partial charge in [0.05, 0.1) is 12.7 Å². The van der Waals surface area contributed by atoms with E-state index in [9.17, 15) is 0 Å². The van der Waals surface area contributed by atoms with Crippen LogP contribution in [0.2, 0.25) is 0 Å². The first-order valence-electron chi connectivity index (χ1n) is 9.98. The zero-order valence-corrected chi connectivity index (χ0v) is 18.5. The van der Waals surface area contributed by atoms with Crippen LogP contribution >= 0.6 is 24.0 Å². The number of nitrogens with one attached hydrogen (secondary N) is 2. The Kier molecular flexibility index (Phi) is 8.75. The first-order valence-corrected chi connectivity index (χ1v) is 9.98. The Bertz CT molecular complexity index is 424. The molecule has 3 fully saturated rings. The van der Waals surface area contributed by atoms with Crippen LogP contribution in [-0.4, -0.2) is 62.3 Å². The van der Waals surface area contributed by atoms with Crippen LogP contribution in [-0.2, 0) is 4.74 Å². The van der Waals surface area contributed by atoms with Gasteiger partial charge in [0, 0.05) is 32.2 Å². The van der Waals surface area contributed by atoms with Gasteiger partial charge in [0.15, 0.2) is 5.96 Å². The van der Waals surface area contributed by atoms with Crippen molar-refractivity contribution in [2.24, 2.45) is 16.8 Å². The molecule has 0 aromatic carbocycles. The molecule has 3 rings (SSSR count). The average Bonchev–Trinajstić information content (AvgIpc) is 3.06. The van der Waals surface area contributed by atoms with Crippen LogP contribution in [0, 0.1) is 11.8 Å². The van der Waals surface area contributed by atoms with E-state index in [0.717, 1.165) is 37.5 Å². The van der Waals surface area contributed by atoms with Gasteiger partial charge in [0.2, 0.25) is 0 Å². The SMILES string of the molecule is CN=C(NCC1CN2CCCC2CO1)NC1CCC(C(C)C)CC1.I. The highest BCUT2D eigenvalue weighted by molar-refractivity contribution is 14.0. The van der Waals surface area contributed by atoms with Crippen LogP contribution in [0.25, 0.3) is 0 Å². The van der Waals surface area contributed by atoms with Crippen molar-refractivity contribution in [2.75, 3.05) is 33.3 Å². The molecule has 0 amide bonds. The molecular weight excluding hydrogens is 427 g/mol. The Morgan fingerprint density at radius 3 is 2.64 bits per heavy atom. The van der Waals surface area contributed by atoms with Crippen molar-refractivity contribution in [1.29, 1.82) is 0 Å². The molecule has 6 heteroatoms. The highest BCUT2D eigenvalue weighted by Crippen LogP contribution is 2.29. The molecule has 2 N–H and O–H groups in total. The topological polar surface area (TPSA) is 48.9 Å². The summed E-state index contributed by atoms with van der Waals surface area (Å²) in [5, 5.41) is 7.11. The third-order valence-corrected chi connectivity index (χ3v) is 6.24. The maximum atomic E-state index is 6.03. The maximum absolute atomic E-state index is 6.03. The number of halogens is 1. The van der Waals surface area contributed by atoms with Crippen molar-refractivity contribution in [3.63, 3.8) is 0 Å². The lowest BCUT2D eigenvalue weighted by Crippen LogP contribution is -2.52. The summed E-state index contributed by atoms with van der Waals surface area (Å²) in [6, 6.07) is 1.25. The van der Waals surface area contributed by atoms with Gasteiger partial charge in [-0.3, -0.25) is 9.89 Å². The highest BCUT2D eigenvalue weighted by atomic mass is 127. The average molecular weight is 464 g/mol. The lowest BCUT2D eigenvalue weighted by molar-refractivity contribution is -0.0453. The summed E-state index contributed by atoms with van der Waals surface area (Å²) in [5.74, 6) is 2.67. The smallest absolute Gasteiger partial charge is 0.191 e. The van der Waals surface area contributed by atoms with Gasteiger partial charge in [-0.1, -0.05) is 13.8 Å². The molecule has 5 nitrogen and oxygen atoms in total. The summed E-state index contributed by atoms with van der Waals surface area (Å²) in [6.45, 7) is 8.77. The fourth-order valence-electron chi connectivity index (χ4n) is 4.54. The molecule has 3 aliphatic rings. The number of nitrogens with zero attached hydrogens (tertiary/aromatic N) is 2. The second kappa shape index (κ2) is 10.3. The summed E-state index contributed by atoms with van der Waals surface area (Å²) in [7, 11) is 1.87. The molecule has 1 saturated carbocycles. The second-order valence-corrected chi connectivity index (χ2v) is 8.20. The number of guanidine groups is 1. The molecule has 0 bridgehead atoms. The molecule has 2 unspecified atom stereocenters. The van der Waals surface area contributed by atoms with Gasteiger partial charge in [-0.25, -0.2) is 0 Å². The summed E-state index contributed by atoms with van der Waals surface area (Å²) >= 11 is 0. The monoisotopic (exact) mass is 464 g/mol. The summed E-state index contributed by atoms with van der Waals surface area (Å²) in [4.78, 5) is 7.01. The van der Waals surface area contributed by atoms with E-state index in [1.54, 1.807) is 0 Å². The van der Waals surface area contributed by atoms with Crippen LogP contribution in [0.15, 0.2) is 4.99 Å². The number of ether oxygens (including phenoxy) is 1. The molecule has 0 aromatic heterocycles. The zero-order chi connectivity index (χ0) is 16.9. The van der Waals surface area contributed by atoms with E-state index in [1.165, 1.54) is 45.1 Å². The largest absolute Gasteiger partial charge is 0.373 e. The quantitative estimate of drug-likeness (QED) is 0.382. The van der Waals surface area contributed by atoms with Crippen LogP contribution in [0.5, 0.6) is 0 Å². The molecular formula is C19H37IN4O. The van der Waals surface area contributed by atoms with E-state index in [-0.39, 0.29) is 30.1 Å². The molecule has 2 aliphatic heterocycles. The molecule has 0 spiro atoms. The van der Waals surface area contributed by atoms with Crippen LogP contribution in [0.3, 0.4) is 0 Å². The van der Waals surface area contributed by atoms with Gasteiger partial charge in [-0.2, -0.15) is 0 Å². The van der Waals surface area contributed by atoms with Crippen molar-refractivity contribution < 1.29 is 4.74 Å². The molecule has 146 valence electrons. The predicted molar refractivity (Wildman–Crippen MR) is 115 cm³/mol. The highest BCUT2D eigenvalue weighted by Gasteiger charge is 2.32. The Balaban J connectivity index is 0.00000225. The van der Waals surface area contributed by atoms with E-state index in [2.05, 4.69) is 34.4 Å². The number of morpholine rings is 1. The minimum atomic E-state index is 0. The Morgan fingerprint density at radius 1 is 1.20 bits per heavy atom. The Morgan fingerprint density at radius 2 is 1.96 bits per heavy atom. The molecule has 1 aliphatic carbocycles. The maximum Gasteiger partial charge on any atom is 0.191 e. The Labute approximate surface area is 170 Å². The third kappa shape index (κ3) is 5.96. The lowest BCUT2D eigenvalue weighted by Gasteiger charge is -2.36. The molecule has 0 radical (unpaired) electrons. The molecule has 25 heavy (non-hydrogen) atoms. The fraction of sp³-hybridized carbons (Fsp3) is 0.947. The van der Waals surface area contributed by atoms with E-state index in [0.29, 0.717) is 12.1 Å². The van der Waals surface area contributed by atoms with Crippen LogP contribution in [0.1, 0.15) is 52.4 Å². The van der Waals surface area contributed by atoms with E-state index >= 15 is 0 Å². The summed E-state index contributed by atoms with van der Waals surface area (Å²) < 4.78 is 6.03. The number of aliphatic imine (C=N–C) groups is 1. The second-order valence-electron chi connectivity index (χ2n) is 8.20. The van der Waals surface area contributed by atoms with E-state index < -0.39 is 0 Å². The molecule has 0 aromatic rings. The van der Waals surface area contributed by atoms with Crippen LogP contribution < -0.4 is 10.6 Å². The van der Waals surface area contributed by atoms with Crippen molar-refractivity contribution in [2.45, 2.75) is 70.6 Å². The standard InChI is InChI=1S/C19H36N4O.HI/c1-14(2)15-6-8-16(9-7-15)22-19(20-3)21-11-18-12-23-10-4-5-17(23)13-24-18;/h14-18H,4-13H2,1-3H3,(H2,20,21,22);1H. The van der Waals surface area contributed by atoms with E-state index in [1.807, 2.05) is 7.05 Å². The Hall–Kier alpha value is -0.0800. The van der Waals surface area contributed by atoms with Crippen molar-refractivity contribution in [1.82, 2.24) is 15.5 Å². The van der Waals surface area contributed by atoms with Crippen molar-refractivity contribution >= 4 is 29.9 Å². The number of fused-ring (bicyclic) bond motifs is 1. The predicted octanol–water partition coefficient (Wildman–Crippen LogP) is 2.85. The number of rotatable bonds is 4. The first kappa shape index (κ1) is 21.2.